The van der Waals surface area contributed by atoms with E-state index in [1.807, 2.05) is 11.8 Å². The van der Waals surface area contributed by atoms with Crippen LogP contribution >= 0.6 is 0 Å². The summed E-state index contributed by atoms with van der Waals surface area (Å²) in [6.45, 7) is 5.59. The van der Waals surface area contributed by atoms with Crippen LogP contribution < -0.4 is 0 Å². The normalized spacial score (nSPS) is 35.2. The van der Waals surface area contributed by atoms with Crippen LogP contribution in [-0.4, -0.2) is 34.6 Å². The lowest BCUT2D eigenvalue weighted by molar-refractivity contribution is -0.146. The second-order valence-electron chi connectivity index (χ2n) is 5.89. The standard InChI is InChI=1S/C14H25NO2/c1-3-11(2)13(16)15-9-8-14(17)7-5-4-6-12(14)10-15/h11-12,17H,3-10H2,1-2H3. The number of carbonyl (C=O) groups excluding carboxylic acids is 1. The van der Waals surface area contributed by atoms with E-state index in [9.17, 15) is 9.90 Å². The molecule has 1 saturated carbocycles. The monoisotopic (exact) mass is 239 g/mol. The minimum absolute atomic E-state index is 0.129. The average molecular weight is 239 g/mol. The molecule has 2 rings (SSSR count). The lowest BCUT2D eigenvalue weighted by Gasteiger charge is -2.47. The highest BCUT2D eigenvalue weighted by atomic mass is 16.3. The van der Waals surface area contributed by atoms with Gasteiger partial charge in [0.1, 0.15) is 0 Å². The Morgan fingerprint density at radius 1 is 1.47 bits per heavy atom. The number of likely N-dealkylation sites (tertiary alicyclic amines) is 1. The van der Waals surface area contributed by atoms with Gasteiger partial charge in [-0.15, -0.1) is 0 Å². The maximum Gasteiger partial charge on any atom is 0.225 e. The summed E-state index contributed by atoms with van der Waals surface area (Å²) >= 11 is 0. The fraction of sp³-hybridized carbons (Fsp3) is 0.929. The molecule has 17 heavy (non-hydrogen) atoms. The van der Waals surface area contributed by atoms with E-state index in [4.69, 9.17) is 0 Å². The predicted octanol–water partition coefficient (Wildman–Crippen LogP) is 2.19. The fourth-order valence-corrected chi connectivity index (χ4v) is 3.26. The van der Waals surface area contributed by atoms with Crippen molar-refractivity contribution in [3.63, 3.8) is 0 Å². The van der Waals surface area contributed by atoms with E-state index in [0.717, 1.165) is 45.2 Å². The minimum atomic E-state index is -0.468. The maximum absolute atomic E-state index is 12.2. The fourth-order valence-electron chi connectivity index (χ4n) is 3.26. The van der Waals surface area contributed by atoms with Crippen LogP contribution in [-0.2, 0) is 4.79 Å². The third kappa shape index (κ3) is 2.49. The minimum Gasteiger partial charge on any atom is -0.389 e. The molecule has 3 nitrogen and oxygen atoms in total. The first-order valence-corrected chi connectivity index (χ1v) is 7.08. The van der Waals surface area contributed by atoms with Crippen LogP contribution in [0.4, 0.5) is 0 Å². The van der Waals surface area contributed by atoms with Gasteiger partial charge >= 0.3 is 0 Å². The first kappa shape index (κ1) is 12.9. The Bertz CT molecular complexity index is 292. The van der Waals surface area contributed by atoms with Crippen molar-refractivity contribution in [2.24, 2.45) is 11.8 Å². The summed E-state index contributed by atoms with van der Waals surface area (Å²) in [7, 11) is 0. The van der Waals surface area contributed by atoms with Crippen LogP contribution in [0.3, 0.4) is 0 Å². The van der Waals surface area contributed by atoms with Gasteiger partial charge in [0.2, 0.25) is 5.91 Å². The molecule has 1 aliphatic carbocycles. The molecule has 0 spiro atoms. The van der Waals surface area contributed by atoms with Crippen LogP contribution in [0.5, 0.6) is 0 Å². The summed E-state index contributed by atoms with van der Waals surface area (Å²) in [6, 6.07) is 0. The Morgan fingerprint density at radius 3 is 2.94 bits per heavy atom. The van der Waals surface area contributed by atoms with Gasteiger partial charge < -0.3 is 10.0 Å². The number of hydrogen-bond acceptors (Lipinski definition) is 2. The molecule has 1 amide bonds. The highest BCUT2D eigenvalue weighted by Crippen LogP contribution is 2.40. The summed E-state index contributed by atoms with van der Waals surface area (Å²) in [4.78, 5) is 14.1. The van der Waals surface area contributed by atoms with E-state index >= 15 is 0 Å². The lowest BCUT2D eigenvalue weighted by Crippen LogP contribution is -2.55. The van der Waals surface area contributed by atoms with Crippen LogP contribution in [0.15, 0.2) is 0 Å². The molecule has 0 aromatic heterocycles. The first-order valence-electron chi connectivity index (χ1n) is 7.08. The predicted molar refractivity (Wildman–Crippen MR) is 67.6 cm³/mol. The third-order valence-electron chi connectivity index (χ3n) is 4.77. The third-order valence-corrected chi connectivity index (χ3v) is 4.77. The number of hydrogen-bond donors (Lipinski definition) is 1. The molecule has 3 unspecified atom stereocenters. The molecule has 2 fully saturated rings. The molecular weight excluding hydrogens is 214 g/mol. The second kappa shape index (κ2) is 4.97. The van der Waals surface area contributed by atoms with Gasteiger partial charge in [0.05, 0.1) is 5.60 Å². The van der Waals surface area contributed by atoms with E-state index in [2.05, 4.69) is 6.92 Å². The molecule has 0 bridgehead atoms. The molecule has 0 aromatic rings. The van der Waals surface area contributed by atoms with Gasteiger partial charge in [-0.2, -0.15) is 0 Å². The summed E-state index contributed by atoms with van der Waals surface area (Å²) in [5.74, 6) is 0.725. The van der Waals surface area contributed by atoms with Crippen molar-refractivity contribution in [3.05, 3.63) is 0 Å². The molecule has 0 aromatic carbocycles. The van der Waals surface area contributed by atoms with Crippen molar-refractivity contribution in [3.8, 4) is 0 Å². The summed E-state index contributed by atoms with van der Waals surface area (Å²) in [5.41, 5.74) is -0.468. The number of amides is 1. The van der Waals surface area contributed by atoms with Crippen molar-refractivity contribution in [2.75, 3.05) is 13.1 Å². The Hall–Kier alpha value is -0.570. The summed E-state index contributed by atoms with van der Waals surface area (Å²) in [5, 5.41) is 10.5. The topological polar surface area (TPSA) is 40.5 Å². The van der Waals surface area contributed by atoms with Gasteiger partial charge in [-0.1, -0.05) is 26.7 Å². The van der Waals surface area contributed by atoms with Crippen molar-refractivity contribution in [1.82, 2.24) is 4.90 Å². The van der Waals surface area contributed by atoms with Gasteiger partial charge in [-0.05, 0) is 25.7 Å². The van der Waals surface area contributed by atoms with Gasteiger partial charge in [0, 0.05) is 24.9 Å². The number of fused-ring (bicyclic) bond motifs is 1. The summed E-state index contributed by atoms with van der Waals surface area (Å²) in [6.07, 6.45) is 6.05. The Kier molecular flexibility index (Phi) is 3.76. The Labute approximate surface area is 104 Å². The van der Waals surface area contributed by atoms with E-state index < -0.39 is 5.60 Å². The molecule has 3 atom stereocenters. The smallest absolute Gasteiger partial charge is 0.225 e. The SMILES string of the molecule is CCC(C)C(=O)N1CCC2(O)CCCCC2C1. The maximum atomic E-state index is 12.2. The van der Waals surface area contributed by atoms with Crippen molar-refractivity contribution < 1.29 is 9.90 Å². The Morgan fingerprint density at radius 2 is 2.24 bits per heavy atom. The lowest BCUT2D eigenvalue weighted by atomic mass is 9.71. The van der Waals surface area contributed by atoms with Crippen molar-refractivity contribution in [1.29, 1.82) is 0 Å². The molecule has 0 radical (unpaired) electrons. The van der Waals surface area contributed by atoms with Gasteiger partial charge in [-0.25, -0.2) is 0 Å². The number of nitrogens with zero attached hydrogens (tertiary/aromatic N) is 1. The molecule has 98 valence electrons. The van der Waals surface area contributed by atoms with Gasteiger partial charge in [0.25, 0.3) is 0 Å². The largest absolute Gasteiger partial charge is 0.389 e. The average Bonchev–Trinajstić information content (AvgIpc) is 2.35. The van der Waals surface area contributed by atoms with Crippen molar-refractivity contribution >= 4 is 5.91 Å². The highest BCUT2D eigenvalue weighted by Gasteiger charge is 2.43. The highest BCUT2D eigenvalue weighted by molar-refractivity contribution is 5.78. The molecule has 1 saturated heterocycles. The molecule has 1 heterocycles. The molecule has 3 heteroatoms. The number of carbonyl (C=O) groups is 1. The first-order chi connectivity index (χ1) is 8.07. The van der Waals surface area contributed by atoms with E-state index in [1.165, 1.54) is 6.42 Å². The van der Waals surface area contributed by atoms with E-state index in [-0.39, 0.29) is 11.8 Å². The van der Waals surface area contributed by atoms with Crippen LogP contribution in [0.25, 0.3) is 0 Å². The molecule has 1 aliphatic heterocycles. The van der Waals surface area contributed by atoms with Gasteiger partial charge in [0.15, 0.2) is 0 Å². The van der Waals surface area contributed by atoms with E-state index in [1.54, 1.807) is 0 Å². The molecular formula is C14H25NO2. The summed E-state index contributed by atoms with van der Waals surface area (Å²) < 4.78 is 0. The van der Waals surface area contributed by atoms with Gasteiger partial charge in [-0.3, -0.25) is 4.79 Å². The number of piperidine rings is 1. The molecule has 2 aliphatic rings. The van der Waals surface area contributed by atoms with Crippen LogP contribution in [0.1, 0.15) is 52.4 Å². The molecule has 1 N–H and O–H groups in total. The Balaban J connectivity index is 1.99. The second-order valence-corrected chi connectivity index (χ2v) is 5.89. The van der Waals surface area contributed by atoms with Crippen LogP contribution in [0.2, 0.25) is 0 Å². The number of rotatable bonds is 2. The quantitative estimate of drug-likeness (QED) is 0.802. The zero-order valence-corrected chi connectivity index (χ0v) is 11.1. The zero-order chi connectivity index (χ0) is 12.5. The zero-order valence-electron chi connectivity index (χ0n) is 11.1. The van der Waals surface area contributed by atoms with E-state index in [0.29, 0.717) is 5.92 Å². The van der Waals surface area contributed by atoms with Crippen molar-refractivity contribution in [2.45, 2.75) is 58.0 Å². The van der Waals surface area contributed by atoms with Crippen LogP contribution in [0, 0.1) is 11.8 Å². The number of aliphatic hydroxyl groups is 1.